The summed E-state index contributed by atoms with van der Waals surface area (Å²) in [6.45, 7) is 0. The first-order valence-electron chi connectivity index (χ1n) is 9.14. The summed E-state index contributed by atoms with van der Waals surface area (Å²) in [5, 5.41) is 3.96. The van der Waals surface area contributed by atoms with Crippen molar-refractivity contribution >= 4 is 34.0 Å². The van der Waals surface area contributed by atoms with Gasteiger partial charge in [0.15, 0.2) is 11.5 Å². The average molecular weight is 483 g/mol. The average Bonchev–Trinajstić information content (AvgIpc) is 2.79. The van der Waals surface area contributed by atoms with Crippen molar-refractivity contribution in [3.8, 4) is 17.2 Å². The molecule has 0 unspecified atom stereocenters. The second-order valence-electron chi connectivity index (χ2n) is 6.21. The molecule has 0 aliphatic heterocycles. The number of carbonyl (C=O) groups is 2. The van der Waals surface area contributed by atoms with Gasteiger partial charge in [-0.15, -0.1) is 0 Å². The zero-order valence-electron chi connectivity index (χ0n) is 16.8. The molecule has 0 fully saturated rings. The topological polar surface area (TPSA) is 86.2 Å². The van der Waals surface area contributed by atoms with Gasteiger partial charge >= 0.3 is 5.97 Å². The summed E-state index contributed by atoms with van der Waals surface area (Å²) in [6, 6.07) is 18.6. The van der Waals surface area contributed by atoms with Gasteiger partial charge in [0, 0.05) is 10.0 Å². The van der Waals surface area contributed by atoms with Gasteiger partial charge in [-0.3, -0.25) is 4.79 Å². The van der Waals surface area contributed by atoms with Crippen LogP contribution in [0.3, 0.4) is 0 Å². The maximum atomic E-state index is 12.3. The van der Waals surface area contributed by atoms with E-state index >= 15 is 0 Å². The fraction of sp³-hybridized carbons (Fsp3) is 0.0870. The molecule has 0 aliphatic carbocycles. The van der Waals surface area contributed by atoms with Gasteiger partial charge in [0.2, 0.25) is 0 Å². The van der Waals surface area contributed by atoms with Crippen LogP contribution in [0.1, 0.15) is 26.3 Å². The van der Waals surface area contributed by atoms with Crippen LogP contribution in [0.25, 0.3) is 0 Å². The lowest BCUT2D eigenvalue weighted by atomic mass is 10.2. The Hall–Kier alpha value is -3.65. The molecular formula is C23H19BrN2O5. The number of methoxy groups -OCH3 is 2. The molecule has 3 aromatic rings. The molecule has 0 spiro atoms. The Labute approximate surface area is 187 Å². The second-order valence-corrected chi connectivity index (χ2v) is 7.06. The Bertz CT molecular complexity index is 1110. The van der Waals surface area contributed by atoms with E-state index in [1.165, 1.54) is 20.4 Å². The van der Waals surface area contributed by atoms with Crippen molar-refractivity contribution in [1.82, 2.24) is 5.43 Å². The number of rotatable bonds is 7. The molecule has 158 valence electrons. The van der Waals surface area contributed by atoms with Crippen LogP contribution in [0.2, 0.25) is 0 Å². The summed E-state index contributed by atoms with van der Waals surface area (Å²) in [6.07, 6.45) is 1.48. The van der Waals surface area contributed by atoms with E-state index in [0.717, 1.165) is 0 Å². The number of amides is 1. The molecule has 0 saturated carbocycles. The molecule has 1 amide bonds. The van der Waals surface area contributed by atoms with Crippen LogP contribution < -0.4 is 19.6 Å². The maximum Gasteiger partial charge on any atom is 0.344 e. The highest BCUT2D eigenvalue weighted by Crippen LogP contribution is 2.27. The standard InChI is InChI=1S/C23H19BrN2O5/c1-29-20-12-9-16(13-21(20)30-2)22(27)26-25-14-15-7-10-17(11-8-15)31-23(28)18-5-3-4-6-19(18)24/h3-14H,1-2H3,(H,26,27)/b25-14-. The Kier molecular flexibility index (Phi) is 7.40. The first-order chi connectivity index (χ1) is 15.0. The van der Waals surface area contributed by atoms with Crippen molar-refractivity contribution in [2.24, 2.45) is 5.10 Å². The highest BCUT2D eigenvalue weighted by molar-refractivity contribution is 9.10. The lowest BCUT2D eigenvalue weighted by Gasteiger charge is -2.08. The first kappa shape index (κ1) is 22.0. The third kappa shape index (κ3) is 5.70. The maximum absolute atomic E-state index is 12.3. The number of esters is 1. The summed E-state index contributed by atoms with van der Waals surface area (Å²) in [7, 11) is 3.02. The molecule has 0 saturated heterocycles. The van der Waals surface area contributed by atoms with Crippen molar-refractivity contribution in [3.63, 3.8) is 0 Å². The van der Waals surface area contributed by atoms with E-state index in [2.05, 4.69) is 26.5 Å². The summed E-state index contributed by atoms with van der Waals surface area (Å²) < 4.78 is 16.4. The minimum atomic E-state index is -0.462. The fourth-order valence-electron chi connectivity index (χ4n) is 2.62. The normalized spacial score (nSPS) is 10.5. The van der Waals surface area contributed by atoms with Crippen LogP contribution in [0, 0.1) is 0 Å². The smallest absolute Gasteiger partial charge is 0.344 e. The van der Waals surface area contributed by atoms with Crippen molar-refractivity contribution in [3.05, 3.63) is 87.9 Å². The summed E-state index contributed by atoms with van der Waals surface area (Å²) >= 11 is 3.33. The fourth-order valence-corrected chi connectivity index (χ4v) is 3.06. The van der Waals surface area contributed by atoms with Crippen molar-refractivity contribution < 1.29 is 23.8 Å². The first-order valence-corrected chi connectivity index (χ1v) is 9.93. The molecule has 0 aromatic heterocycles. The van der Waals surface area contributed by atoms with Crippen LogP contribution in [-0.4, -0.2) is 32.3 Å². The van der Waals surface area contributed by atoms with Crippen molar-refractivity contribution in [2.75, 3.05) is 14.2 Å². The highest BCUT2D eigenvalue weighted by Gasteiger charge is 2.12. The molecule has 31 heavy (non-hydrogen) atoms. The molecule has 0 bridgehead atoms. The minimum absolute atomic E-state index is 0.379. The predicted octanol–water partition coefficient (Wildman–Crippen LogP) is 4.45. The van der Waals surface area contributed by atoms with Gasteiger partial charge in [0.05, 0.1) is 26.0 Å². The number of hydrazone groups is 1. The third-order valence-electron chi connectivity index (χ3n) is 4.21. The van der Waals surface area contributed by atoms with Gasteiger partial charge in [0.1, 0.15) is 5.75 Å². The third-order valence-corrected chi connectivity index (χ3v) is 4.90. The van der Waals surface area contributed by atoms with Crippen LogP contribution in [0.15, 0.2) is 76.3 Å². The number of hydrogen-bond acceptors (Lipinski definition) is 6. The number of halogens is 1. The van der Waals surface area contributed by atoms with E-state index in [-0.39, 0.29) is 0 Å². The van der Waals surface area contributed by atoms with Gasteiger partial charge in [-0.05, 0) is 76.1 Å². The molecule has 3 aromatic carbocycles. The number of carbonyl (C=O) groups excluding carboxylic acids is 2. The summed E-state index contributed by atoms with van der Waals surface area (Å²) in [4.78, 5) is 24.5. The van der Waals surface area contributed by atoms with E-state index < -0.39 is 11.9 Å². The summed E-state index contributed by atoms with van der Waals surface area (Å²) in [5.74, 6) is 0.522. The van der Waals surface area contributed by atoms with Crippen LogP contribution in [0.4, 0.5) is 0 Å². The number of nitrogens with one attached hydrogen (secondary N) is 1. The van der Waals surface area contributed by atoms with Gasteiger partial charge in [-0.1, -0.05) is 12.1 Å². The quantitative estimate of drug-likeness (QED) is 0.232. The van der Waals surface area contributed by atoms with E-state index in [1.807, 2.05) is 6.07 Å². The zero-order valence-corrected chi connectivity index (χ0v) is 18.4. The number of ether oxygens (including phenoxy) is 3. The molecule has 7 nitrogen and oxygen atoms in total. The van der Waals surface area contributed by atoms with E-state index in [9.17, 15) is 9.59 Å². The number of benzene rings is 3. The molecule has 0 heterocycles. The van der Waals surface area contributed by atoms with E-state index in [4.69, 9.17) is 14.2 Å². The molecule has 8 heteroatoms. The molecule has 1 N–H and O–H groups in total. The molecule has 3 rings (SSSR count). The van der Waals surface area contributed by atoms with Gasteiger partial charge in [0.25, 0.3) is 5.91 Å². The number of nitrogens with zero attached hydrogens (tertiary/aromatic N) is 1. The Morgan fingerprint density at radius 3 is 2.32 bits per heavy atom. The number of hydrogen-bond donors (Lipinski definition) is 1. The van der Waals surface area contributed by atoms with E-state index in [1.54, 1.807) is 60.7 Å². The van der Waals surface area contributed by atoms with Gasteiger partial charge in [-0.25, -0.2) is 10.2 Å². The largest absolute Gasteiger partial charge is 0.493 e. The Balaban J connectivity index is 1.59. The highest BCUT2D eigenvalue weighted by atomic mass is 79.9. The van der Waals surface area contributed by atoms with E-state index in [0.29, 0.717) is 38.4 Å². The Morgan fingerprint density at radius 1 is 0.935 bits per heavy atom. The Morgan fingerprint density at radius 2 is 1.65 bits per heavy atom. The molecule has 0 radical (unpaired) electrons. The predicted molar refractivity (Wildman–Crippen MR) is 120 cm³/mol. The van der Waals surface area contributed by atoms with Crippen molar-refractivity contribution in [2.45, 2.75) is 0 Å². The van der Waals surface area contributed by atoms with Crippen LogP contribution in [-0.2, 0) is 0 Å². The van der Waals surface area contributed by atoms with Gasteiger partial charge in [-0.2, -0.15) is 5.10 Å². The van der Waals surface area contributed by atoms with Gasteiger partial charge < -0.3 is 14.2 Å². The van der Waals surface area contributed by atoms with Crippen LogP contribution >= 0.6 is 15.9 Å². The van der Waals surface area contributed by atoms with Crippen molar-refractivity contribution in [1.29, 1.82) is 0 Å². The zero-order chi connectivity index (χ0) is 22.2. The lowest BCUT2D eigenvalue weighted by Crippen LogP contribution is -2.17. The molecule has 0 atom stereocenters. The SMILES string of the molecule is COc1ccc(C(=O)N/N=C\c2ccc(OC(=O)c3ccccc3Br)cc2)cc1OC. The molecular weight excluding hydrogens is 464 g/mol. The molecule has 0 aliphatic rings. The summed E-state index contributed by atoms with van der Waals surface area (Å²) in [5.41, 5.74) is 3.99. The van der Waals surface area contributed by atoms with Crippen LogP contribution in [0.5, 0.6) is 17.2 Å². The monoisotopic (exact) mass is 482 g/mol. The second kappa shape index (κ2) is 10.4. The minimum Gasteiger partial charge on any atom is -0.493 e. The lowest BCUT2D eigenvalue weighted by molar-refractivity contribution is 0.0733.